The maximum Gasteiger partial charge on any atom is 0.339 e. The van der Waals surface area contributed by atoms with E-state index in [1.54, 1.807) is 31.0 Å². The van der Waals surface area contributed by atoms with Crippen LogP contribution >= 0.6 is 0 Å². The van der Waals surface area contributed by atoms with E-state index in [1.165, 1.54) is 6.20 Å². The second kappa shape index (κ2) is 4.90. The summed E-state index contributed by atoms with van der Waals surface area (Å²) in [6.07, 6.45) is 3.05. The van der Waals surface area contributed by atoms with Crippen LogP contribution in [0.2, 0.25) is 0 Å². The smallest absolute Gasteiger partial charge is 0.339 e. The number of rotatable bonds is 3. The van der Waals surface area contributed by atoms with Crippen molar-refractivity contribution in [2.24, 2.45) is 0 Å². The fourth-order valence-electron chi connectivity index (χ4n) is 2.35. The zero-order valence-electron chi connectivity index (χ0n) is 11.6. The molecule has 0 aliphatic carbocycles. The minimum absolute atomic E-state index is 0.165. The molecule has 0 aliphatic rings. The molecule has 2 heterocycles. The molecule has 106 valence electrons. The third-order valence-electron chi connectivity index (χ3n) is 3.39. The second-order valence-electron chi connectivity index (χ2n) is 4.55. The van der Waals surface area contributed by atoms with Crippen LogP contribution in [0.3, 0.4) is 0 Å². The van der Waals surface area contributed by atoms with E-state index in [0.717, 1.165) is 10.9 Å². The van der Waals surface area contributed by atoms with Crippen LogP contribution in [0.15, 0.2) is 36.7 Å². The van der Waals surface area contributed by atoms with E-state index >= 15 is 0 Å². The Balaban J connectivity index is 2.35. The highest BCUT2D eigenvalue weighted by Gasteiger charge is 2.18. The van der Waals surface area contributed by atoms with Gasteiger partial charge in [-0.05, 0) is 31.2 Å². The topological polar surface area (TPSA) is 77.2 Å². The molecule has 0 unspecified atom stereocenters. The molecule has 6 nitrogen and oxygen atoms in total. The summed E-state index contributed by atoms with van der Waals surface area (Å²) in [5.74, 6) is -0.394. The molecule has 0 spiro atoms. The molecule has 6 heteroatoms. The predicted octanol–water partition coefficient (Wildman–Crippen LogP) is 2.44. The Kier molecular flexibility index (Phi) is 3.06. The highest BCUT2D eigenvalue weighted by molar-refractivity contribution is 5.92. The summed E-state index contributed by atoms with van der Waals surface area (Å²) in [6, 6.07) is 7.38. The van der Waals surface area contributed by atoms with Gasteiger partial charge < -0.3 is 9.84 Å². The van der Waals surface area contributed by atoms with Gasteiger partial charge in [-0.2, -0.15) is 5.10 Å². The lowest BCUT2D eigenvalue weighted by Crippen LogP contribution is -2.05. The first-order valence-electron chi connectivity index (χ1n) is 6.33. The Hall–Kier alpha value is -2.89. The molecule has 1 aromatic carbocycles. The number of hydrogen-bond acceptors (Lipinski definition) is 4. The monoisotopic (exact) mass is 283 g/mol. The minimum Gasteiger partial charge on any atom is -0.494 e. The fourth-order valence-corrected chi connectivity index (χ4v) is 2.35. The minimum atomic E-state index is -1.00. The number of methoxy groups -OCH3 is 1. The summed E-state index contributed by atoms with van der Waals surface area (Å²) in [5.41, 5.74) is 2.18. The summed E-state index contributed by atoms with van der Waals surface area (Å²) in [6.45, 7) is 1.71. The average molecular weight is 283 g/mol. The first-order chi connectivity index (χ1) is 10.1. The summed E-state index contributed by atoms with van der Waals surface area (Å²) in [4.78, 5) is 15.5. The van der Waals surface area contributed by atoms with Gasteiger partial charge in [-0.25, -0.2) is 9.48 Å². The molecule has 0 aliphatic heterocycles. The van der Waals surface area contributed by atoms with Gasteiger partial charge >= 0.3 is 5.97 Å². The van der Waals surface area contributed by atoms with E-state index in [4.69, 9.17) is 9.84 Å². The molecule has 0 radical (unpaired) electrons. The van der Waals surface area contributed by atoms with Gasteiger partial charge in [0.15, 0.2) is 0 Å². The normalized spacial score (nSPS) is 10.8. The number of benzene rings is 1. The third-order valence-corrected chi connectivity index (χ3v) is 3.39. The number of aromatic carboxylic acids is 1. The number of carbonyl (C=O) groups is 1. The van der Waals surface area contributed by atoms with E-state index < -0.39 is 5.97 Å². The Morgan fingerprint density at radius 3 is 2.81 bits per heavy atom. The van der Waals surface area contributed by atoms with Gasteiger partial charge in [0, 0.05) is 11.6 Å². The molecule has 0 fully saturated rings. The maximum atomic E-state index is 11.2. The Labute approximate surface area is 120 Å². The van der Waals surface area contributed by atoms with Crippen LogP contribution < -0.4 is 4.74 Å². The van der Waals surface area contributed by atoms with E-state index in [9.17, 15) is 4.79 Å². The zero-order valence-corrected chi connectivity index (χ0v) is 11.6. The molecular weight excluding hydrogens is 270 g/mol. The van der Waals surface area contributed by atoms with E-state index in [1.807, 2.05) is 18.2 Å². The molecule has 0 saturated heterocycles. The SMILES string of the molecule is COc1ccc2ncccc2c1-n1ncc(C(=O)O)c1C. The van der Waals surface area contributed by atoms with Crippen LogP contribution in [-0.2, 0) is 0 Å². The van der Waals surface area contributed by atoms with Gasteiger partial charge in [0.2, 0.25) is 0 Å². The summed E-state index contributed by atoms with van der Waals surface area (Å²) >= 11 is 0. The second-order valence-corrected chi connectivity index (χ2v) is 4.55. The molecule has 3 rings (SSSR count). The molecule has 0 bridgehead atoms. The predicted molar refractivity (Wildman–Crippen MR) is 77.1 cm³/mol. The fraction of sp³-hybridized carbons (Fsp3) is 0.133. The van der Waals surface area contributed by atoms with Crippen LogP contribution in [0.5, 0.6) is 5.75 Å². The number of nitrogens with zero attached hydrogens (tertiary/aromatic N) is 3. The highest BCUT2D eigenvalue weighted by atomic mass is 16.5. The van der Waals surface area contributed by atoms with Gasteiger partial charge in [0.25, 0.3) is 0 Å². The molecule has 21 heavy (non-hydrogen) atoms. The first-order valence-corrected chi connectivity index (χ1v) is 6.33. The van der Waals surface area contributed by atoms with Crippen LogP contribution in [-0.4, -0.2) is 33.0 Å². The largest absolute Gasteiger partial charge is 0.494 e. The lowest BCUT2D eigenvalue weighted by Gasteiger charge is -2.13. The molecule has 2 aromatic heterocycles. The van der Waals surface area contributed by atoms with E-state index in [2.05, 4.69) is 10.1 Å². The van der Waals surface area contributed by atoms with E-state index in [-0.39, 0.29) is 5.56 Å². The van der Waals surface area contributed by atoms with Crippen molar-refractivity contribution in [3.63, 3.8) is 0 Å². The van der Waals surface area contributed by atoms with E-state index in [0.29, 0.717) is 17.1 Å². The quantitative estimate of drug-likeness (QED) is 0.798. The lowest BCUT2D eigenvalue weighted by atomic mass is 10.1. The first kappa shape index (κ1) is 13.1. The van der Waals surface area contributed by atoms with Gasteiger partial charge in [0.05, 0.1) is 24.5 Å². The maximum absolute atomic E-state index is 11.2. The van der Waals surface area contributed by atoms with Crippen molar-refractivity contribution < 1.29 is 14.6 Å². The molecule has 1 N–H and O–H groups in total. The standard InChI is InChI=1S/C15H13N3O3/c1-9-11(15(19)20)8-17-18(9)14-10-4-3-7-16-12(10)5-6-13(14)21-2/h3-8H,1-2H3,(H,19,20). The van der Waals surface area contributed by atoms with Crippen LogP contribution in [0.1, 0.15) is 16.1 Å². The van der Waals surface area contributed by atoms with Gasteiger partial charge in [-0.1, -0.05) is 0 Å². The van der Waals surface area contributed by atoms with Gasteiger partial charge in [-0.3, -0.25) is 4.98 Å². The third kappa shape index (κ3) is 2.01. The number of carboxylic acids is 1. The van der Waals surface area contributed by atoms with Crippen molar-refractivity contribution in [3.8, 4) is 11.4 Å². The van der Waals surface area contributed by atoms with Crippen molar-refractivity contribution in [1.82, 2.24) is 14.8 Å². The van der Waals surface area contributed by atoms with Crippen molar-refractivity contribution in [1.29, 1.82) is 0 Å². The number of ether oxygens (including phenoxy) is 1. The lowest BCUT2D eigenvalue weighted by molar-refractivity contribution is 0.0696. The summed E-state index contributed by atoms with van der Waals surface area (Å²) in [5, 5.41) is 14.2. The van der Waals surface area contributed by atoms with Gasteiger partial charge in [0.1, 0.15) is 17.0 Å². The van der Waals surface area contributed by atoms with Crippen molar-refractivity contribution in [3.05, 3.63) is 47.9 Å². The number of pyridine rings is 1. The van der Waals surface area contributed by atoms with Crippen molar-refractivity contribution in [2.75, 3.05) is 7.11 Å². The Bertz CT molecular complexity index is 839. The Morgan fingerprint density at radius 1 is 1.33 bits per heavy atom. The van der Waals surface area contributed by atoms with Crippen molar-refractivity contribution >= 4 is 16.9 Å². The molecule has 0 atom stereocenters. The zero-order chi connectivity index (χ0) is 15.0. The van der Waals surface area contributed by atoms with Crippen LogP contribution in [0.25, 0.3) is 16.6 Å². The van der Waals surface area contributed by atoms with Gasteiger partial charge in [-0.15, -0.1) is 0 Å². The molecular formula is C15H13N3O3. The average Bonchev–Trinajstić information content (AvgIpc) is 2.87. The number of hydrogen-bond donors (Lipinski definition) is 1. The molecule has 0 amide bonds. The summed E-state index contributed by atoms with van der Waals surface area (Å²) < 4.78 is 6.97. The molecule has 0 saturated carbocycles. The summed E-state index contributed by atoms with van der Waals surface area (Å²) in [7, 11) is 1.57. The van der Waals surface area contributed by atoms with Crippen LogP contribution in [0.4, 0.5) is 0 Å². The number of fused-ring (bicyclic) bond motifs is 1. The number of aromatic nitrogens is 3. The van der Waals surface area contributed by atoms with Crippen LogP contribution in [0, 0.1) is 6.92 Å². The molecule has 3 aromatic rings. The highest BCUT2D eigenvalue weighted by Crippen LogP contribution is 2.31. The van der Waals surface area contributed by atoms with Crippen molar-refractivity contribution in [2.45, 2.75) is 6.92 Å². The Morgan fingerprint density at radius 2 is 2.14 bits per heavy atom. The number of carboxylic acid groups (broad SMARTS) is 1.